The van der Waals surface area contributed by atoms with E-state index in [1.165, 1.54) is 12.1 Å². The molecule has 0 fully saturated rings. The summed E-state index contributed by atoms with van der Waals surface area (Å²) in [4.78, 5) is 0.704. The summed E-state index contributed by atoms with van der Waals surface area (Å²) in [5.41, 5.74) is -0.0464. The highest BCUT2D eigenvalue weighted by molar-refractivity contribution is 7.84. The molecular formula is C16H13F3N2OS. The first-order valence-corrected chi connectivity index (χ1v) is 8.14. The minimum Gasteiger partial charge on any atom is -0.381 e. The molecule has 2 aromatic carbocycles. The van der Waals surface area contributed by atoms with E-state index in [0.29, 0.717) is 17.1 Å². The molecule has 0 aliphatic rings. The third kappa shape index (κ3) is 4.33. The van der Waals surface area contributed by atoms with Crippen molar-refractivity contribution in [1.29, 1.82) is 5.26 Å². The van der Waals surface area contributed by atoms with E-state index < -0.39 is 28.1 Å². The molecule has 7 heteroatoms. The number of hydrogen-bond donors (Lipinski definition) is 1. The number of nitrogens with one attached hydrogen (secondary N) is 1. The molecular weight excluding hydrogens is 325 g/mol. The molecule has 0 radical (unpaired) electrons. The molecule has 2 rings (SSSR count). The maximum absolute atomic E-state index is 12.7. The Hall–Kier alpha value is -2.33. The standard InChI is InChI=1S/C16H13F3N2OS/c1-23(22)14-5-2-11(3-6-14)10-21-13-4-7-15(16(17,18)19)12(8-13)9-20/h2-8,21H,10H2,1H3. The normalized spacial score (nSPS) is 12.5. The fourth-order valence-electron chi connectivity index (χ4n) is 2.00. The first-order chi connectivity index (χ1) is 10.8. The van der Waals surface area contributed by atoms with Crippen LogP contribution in [0.1, 0.15) is 16.7 Å². The molecule has 1 unspecified atom stereocenters. The second-order valence-corrected chi connectivity index (χ2v) is 6.20. The molecule has 3 nitrogen and oxygen atoms in total. The number of benzene rings is 2. The van der Waals surface area contributed by atoms with E-state index >= 15 is 0 Å². The summed E-state index contributed by atoms with van der Waals surface area (Å²) in [7, 11) is -1.06. The Balaban J connectivity index is 2.12. The van der Waals surface area contributed by atoms with Crippen molar-refractivity contribution in [2.45, 2.75) is 17.6 Å². The molecule has 1 N–H and O–H groups in total. The van der Waals surface area contributed by atoms with Gasteiger partial charge in [0.1, 0.15) is 0 Å². The Kier molecular flexibility index (Phi) is 5.06. The summed E-state index contributed by atoms with van der Waals surface area (Å²) in [5.74, 6) is 0. The summed E-state index contributed by atoms with van der Waals surface area (Å²) >= 11 is 0. The van der Waals surface area contributed by atoms with Crippen LogP contribution in [0.3, 0.4) is 0 Å². The molecule has 0 saturated carbocycles. The molecule has 0 heterocycles. The summed E-state index contributed by atoms with van der Waals surface area (Å²) < 4.78 is 49.5. The molecule has 0 amide bonds. The van der Waals surface area contributed by atoms with Crippen molar-refractivity contribution in [2.24, 2.45) is 0 Å². The van der Waals surface area contributed by atoms with Gasteiger partial charge in [-0.2, -0.15) is 18.4 Å². The Morgan fingerprint density at radius 2 is 1.83 bits per heavy atom. The molecule has 0 spiro atoms. The lowest BCUT2D eigenvalue weighted by molar-refractivity contribution is -0.137. The lowest BCUT2D eigenvalue weighted by Crippen LogP contribution is -2.08. The van der Waals surface area contributed by atoms with Gasteiger partial charge < -0.3 is 5.32 Å². The average Bonchev–Trinajstić information content (AvgIpc) is 2.52. The molecule has 2 aromatic rings. The van der Waals surface area contributed by atoms with Crippen molar-refractivity contribution in [2.75, 3.05) is 11.6 Å². The maximum atomic E-state index is 12.7. The molecule has 120 valence electrons. The number of rotatable bonds is 4. The van der Waals surface area contributed by atoms with Gasteiger partial charge in [0, 0.05) is 34.2 Å². The summed E-state index contributed by atoms with van der Waals surface area (Å²) in [6, 6.07) is 12.0. The van der Waals surface area contributed by atoms with Crippen LogP contribution in [0.25, 0.3) is 0 Å². The van der Waals surface area contributed by atoms with Gasteiger partial charge in [-0.3, -0.25) is 4.21 Å². The van der Waals surface area contributed by atoms with Gasteiger partial charge in [-0.15, -0.1) is 0 Å². The van der Waals surface area contributed by atoms with Gasteiger partial charge in [0.15, 0.2) is 0 Å². The zero-order valence-corrected chi connectivity index (χ0v) is 13.0. The van der Waals surface area contributed by atoms with E-state index in [1.54, 1.807) is 36.6 Å². The fourth-order valence-corrected chi connectivity index (χ4v) is 2.52. The molecule has 0 bridgehead atoms. The average molecular weight is 338 g/mol. The SMILES string of the molecule is CS(=O)c1ccc(CNc2ccc(C(F)(F)F)c(C#N)c2)cc1. The van der Waals surface area contributed by atoms with E-state index in [2.05, 4.69) is 5.32 Å². The number of nitriles is 1. The van der Waals surface area contributed by atoms with Gasteiger partial charge in [0.2, 0.25) is 0 Å². The van der Waals surface area contributed by atoms with E-state index in [9.17, 15) is 17.4 Å². The van der Waals surface area contributed by atoms with Crippen LogP contribution in [-0.4, -0.2) is 10.5 Å². The molecule has 0 aliphatic carbocycles. The number of anilines is 1. The Bertz CT molecular complexity index is 764. The van der Waals surface area contributed by atoms with E-state index in [1.807, 2.05) is 0 Å². The summed E-state index contributed by atoms with van der Waals surface area (Å²) in [6.07, 6.45) is -2.96. The smallest absolute Gasteiger partial charge is 0.381 e. The van der Waals surface area contributed by atoms with E-state index in [0.717, 1.165) is 11.6 Å². The highest BCUT2D eigenvalue weighted by Crippen LogP contribution is 2.33. The number of halogens is 3. The Labute approximate surface area is 134 Å². The first-order valence-electron chi connectivity index (χ1n) is 6.59. The second kappa shape index (κ2) is 6.84. The van der Waals surface area contributed by atoms with Gasteiger partial charge in [0.05, 0.1) is 17.2 Å². The minimum absolute atomic E-state index is 0.382. The summed E-state index contributed by atoms with van der Waals surface area (Å²) in [6.45, 7) is 0.382. The molecule has 23 heavy (non-hydrogen) atoms. The van der Waals surface area contributed by atoms with Gasteiger partial charge in [-0.25, -0.2) is 0 Å². The zero-order valence-electron chi connectivity index (χ0n) is 12.1. The van der Waals surface area contributed by atoms with Gasteiger partial charge in [-0.05, 0) is 35.9 Å². The second-order valence-electron chi connectivity index (χ2n) is 4.82. The Morgan fingerprint density at radius 3 is 2.35 bits per heavy atom. The van der Waals surface area contributed by atoms with E-state index in [4.69, 9.17) is 5.26 Å². The summed E-state index contributed by atoms with van der Waals surface area (Å²) in [5, 5.41) is 11.8. The quantitative estimate of drug-likeness (QED) is 0.919. The van der Waals surface area contributed by atoms with E-state index in [-0.39, 0.29) is 0 Å². The number of nitrogens with zero attached hydrogens (tertiary/aromatic N) is 1. The molecule has 0 saturated heterocycles. The molecule has 0 aliphatic heterocycles. The van der Waals surface area contributed by atoms with Crippen molar-refractivity contribution in [3.8, 4) is 6.07 Å². The van der Waals surface area contributed by atoms with Crippen molar-refractivity contribution in [3.63, 3.8) is 0 Å². The van der Waals surface area contributed by atoms with Gasteiger partial charge >= 0.3 is 6.18 Å². The Morgan fingerprint density at radius 1 is 1.17 bits per heavy atom. The predicted molar refractivity (Wildman–Crippen MR) is 82.3 cm³/mol. The maximum Gasteiger partial charge on any atom is 0.417 e. The highest BCUT2D eigenvalue weighted by Gasteiger charge is 2.33. The number of hydrogen-bond acceptors (Lipinski definition) is 3. The van der Waals surface area contributed by atoms with Gasteiger partial charge in [0.25, 0.3) is 0 Å². The fraction of sp³-hybridized carbons (Fsp3) is 0.188. The third-order valence-electron chi connectivity index (χ3n) is 3.20. The minimum atomic E-state index is -4.55. The molecule has 0 aromatic heterocycles. The first kappa shape index (κ1) is 17.0. The predicted octanol–water partition coefficient (Wildman–Crippen LogP) is 3.93. The van der Waals surface area contributed by atoms with Crippen molar-refractivity contribution >= 4 is 16.5 Å². The van der Waals surface area contributed by atoms with Gasteiger partial charge in [-0.1, -0.05) is 12.1 Å². The van der Waals surface area contributed by atoms with Crippen LogP contribution in [0.2, 0.25) is 0 Å². The van der Waals surface area contributed by atoms with Crippen LogP contribution in [0, 0.1) is 11.3 Å². The van der Waals surface area contributed by atoms with Crippen LogP contribution in [-0.2, 0) is 23.5 Å². The van der Waals surface area contributed by atoms with Crippen LogP contribution in [0.4, 0.5) is 18.9 Å². The van der Waals surface area contributed by atoms with Crippen LogP contribution in [0.15, 0.2) is 47.4 Å². The third-order valence-corrected chi connectivity index (χ3v) is 4.13. The monoisotopic (exact) mass is 338 g/mol. The zero-order chi connectivity index (χ0) is 17.0. The van der Waals surface area contributed by atoms with Crippen molar-refractivity contribution in [3.05, 3.63) is 59.2 Å². The van der Waals surface area contributed by atoms with Crippen LogP contribution >= 0.6 is 0 Å². The van der Waals surface area contributed by atoms with Crippen LogP contribution in [0.5, 0.6) is 0 Å². The largest absolute Gasteiger partial charge is 0.417 e. The lowest BCUT2D eigenvalue weighted by Gasteiger charge is -2.12. The highest BCUT2D eigenvalue weighted by atomic mass is 32.2. The van der Waals surface area contributed by atoms with Crippen LogP contribution < -0.4 is 5.32 Å². The lowest BCUT2D eigenvalue weighted by atomic mass is 10.1. The van der Waals surface area contributed by atoms with Crippen molar-refractivity contribution < 1.29 is 17.4 Å². The molecule has 1 atom stereocenters. The van der Waals surface area contributed by atoms with Crippen molar-refractivity contribution in [1.82, 2.24) is 0 Å². The topological polar surface area (TPSA) is 52.9 Å². The number of alkyl halides is 3.